The number of hydrogen-bond acceptors (Lipinski definition) is 3. The maximum absolute atomic E-state index is 10.6. The van der Waals surface area contributed by atoms with E-state index in [1.165, 1.54) is 20.1 Å². The van der Waals surface area contributed by atoms with Gasteiger partial charge < -0.3 is 14.3 Å². The maximum atomic E-state index is 10.6. The summed E-state index contributed by atoms with van der Waals surface area (Å²) in [6, 6.07) is 3.46. The summed E-state index contributed by atoms with van der Waals surface area (Å²) < 4.78 is 10.1. The molecule has 0 aromatic carbocycles. The van der Waals surface area contributed by atoms with Crippen LogP contribution in [0.25, 0.3) is 0 Å². The highest BCUT2D eigenvalue weighted by Crippen LogP contribution is 2.13. The molecule has 0 unspecified atom stereocenters. The highest BCUT2D eigenvalue weighted by atomic mass is 16.5. The molecular weight excluding hydrogens is 172 g/mol. The van der Waals surface area contributed by atoms with E-state index in [-0.39, 0.29) is 6.61 Å². The van der Waals surface area contributed by atoms with Gasteiger partial charge in [-0.3, -0.25) is 0 Å². The zero-order chi connectivity index (χ0) is 9.90. The van der Waals surface area contributed by atoms with Crippen molar-refractivity contribution in [2.24, 2.45) is 0 Å². The molecule has 4 nitrogen and oxygen atoms in total. The minimum Gasteiger partial charge on any atom is -0.479 e. The van der Waals surface area contributed by atoms with E-state index >= 15 is 0 Å². The van der Waals surface area contributed by atoms with E-state index in [4.69, 9.17) is 14.3 Å². The van der Waals surface area contributed by atoms with Crippen molar-refractivity contribution in [3.63, 3.8) is 0 Å². The molecule has 13 heavy (non-hydrogen) atoms. The molecule has 1 heterocycles. The first-order valence-corrected chi connectivity index (χ1v) is 3.92. The van der Waals surface area contributed by atoms with Crippen LogP contribution in [0.2, 0.25) is 0 Å². The van der Waals surface area contributed by atoms with Crippen LogP contribution < -0.4 is 0 Å². The summed E-state index contributed by atoms with van der Waals surface area (Å²) >= 11 is 0. The van der Waals surface area contributed by atoms with Gasteiger partial charge in [-0.05, 0) is 26.0 Å². The van der Waals surface area contributed by atoms with Crippen LogP contribution in [0.1, 0.15) is 19.6 Å². The number of rotatable bonds is 4. The van der Waals surface area contributed by atoms with E-state index < -0.39 is 11.6 Å². The molecule has 0 fully saturated rings. The van der Waals surface area contributed by atoms with Crippen molar-refractivity contribution in [3.8, 4) is 0 Å². The fourth-order valence-electron chi connectivity index (χ4n) is 0.708. The van der Waals surface area contributed by atoms with Crippen molar-refractivity contribution >= 4 is 5.97 Å². The quantitative estimate of drug-likeness (QED) is 0.773. The van der Waals surface area contributed by atoms with Gasteiger partial charge in [-0.1, -0.05) is 0 Å². The van der Waals surface area contributed by atoms with Crippen LogP contribution in [-0.4, -0.2) is 16.7 Å². The molecule has 0 aliphatic carbocycles. The lowest BCUT2D eigenvalue weighted by atomic mass is 10.1. The van der Waals surface area contributed by atoms with Gasteiger partial charge >= 0.3 is 5.97 Å². The maximum Gasteiger partial charge on any atom is 0.335 e. The summed E-state index contributed by atoms with van der Waals surface area (Å²) in [6.45, 7) is 3.17. The van der Waals surface area contributed by atoms with Crippen LogP contribution in [-0.2, 0) is 16.1 Å². The fraction of sp³-hybridized carbons (Fsp3) is 0.444. The molecule has 1 rings (SSSR count). The second-order valence-electron chi connectivity index (χ2n) is 3.18. The van der Waals surface area contributed by atoms with Gasteiger partial charge in [0.15, 0.2) is 5.60 Å². The third-order valence-electron chi connectivity index (χ3n) is 1.67. The number of carboxylic acids is 1. The van der Waals surface area contributed by atoms with Gasteiger partial charge in [-0.15, -0.1) is 0 Å². The van der Waals surface area contributed by atoms with Crippen molar-refractivity contribution in [1.29, 1.82) is 0 Å². The highest BCUT2D eigenvalue weighted by molar-refractivity contribution is 5.76. The van der Waals surface area contributed by atoms with Crippen LogP contribution in [0.4, 0.5) is 0 Å². The van der Waals surface area contributed by atoms with Crippen molar-refractivity contribution in [1.82, 2.24) is 0 Å². The lowest BCUT2D eigenvalue weighted by Gasteiger charge is -2.18. The van der Waals surface area contributed by atoms with Crippen molar-refractivity contribution in [2.45, 2.75) is 26.1 Å². The summed E-state index contributed by atoms with van der Waals surface area (Å²) in [4.78, 5) is 10.6. The van der Waals surface area contributed by atoms with E-state index in [0.29, 0.717) is 5.76 Å². The summed E-state index contributed by atoms with van der Waals surface area (Å²) in [5, 5.41) is 8.71. The first kappa shape index (κ1) is 9.80. The Bertz CT molecular complexity index is 274. The van der Waals surface area contributed by atoms with Gasteiger partial charge in [0, 0.05) is 0 Å². The molecule has 0 bridgehead atoms. The molecule has 0 atom stereocenters. The molecule has 0 aliphatic heterocycles. The molecule has 0 radical (unpaired) electrons. The molecule has 0 aliphatic rings. The van der Waals surface area contributed by atoms with Crippen molar-refractivity contribution < 1.29 is 19.1 Å². The second kappa shape index (κ2) is 3.62. The third kappa shape index (κ3) is 2.59. The minimum atomic E-state index is -1.17. The van der Waals surface area contributed by atoms with E-state index in [1.807, 2.05) is 0 Å². The Morgan fingerprint density at radius 1 is 1.69 bits per heavy atom. The van der Waals surface area contributed by atoms with Crippen LogP contribution in [0.15, 0.2) is 22.8 Å². The van der Waals surface area contributed by atoms with Gasteiger partial charge in [0.1, 0.15) is 12.4 Å². The molecule has 4 heteroatoms. The van der Waals surface area contributed by atoms with Gasteiger partial charge in [0.2, 0.25) is 0 Å². The second-order valence-corrected chi connectivity index (χ2v) is 3.18. The van der Waals surface area contributed by atoms with Gasteiger partial charge in [-0.25, -0.2) is 4.79 Å². The van der Waals surface area contributed by atoms with E-state index in [0.717, 1.165) is 0 Å². The molecule has 1 aromatic heterocycles. The molecule has 0 saturated carbocycles. The summed E-state index contributed by atoms with van der Waals surface area (Å²) in [5.74, 6) is -0.367. The molecule has 0 spiro atoms. The lowest BCUT2D eigenvalue weighted by Crippen LogP contribution is -2.34. The van der Waals surface area contributed by atoms with E-state index in [2.05, 4.69) is 0 Å². The molecule has 72 valence electrons. The monoisotopic (exact) mass is 184 g/mol. The Morgan fingerprint density at radius 3 is 2.85 bits per heavy atom. The van der Waals surface area contributed by atoms with Gasteiger partial charge in [0.25, 0.3) is 0 Å². The molecule has 1 aromatic rings. The molecule has 1 N–H and O–H groups in total. The van der Waals surface area contributed by atoms with Crippen LogP contribution in [0.5, 0.6) is 0 Å². The first-order valence-electron chi connectivity index (χ1n) is 3.92. The predicted molar refractivity (Wildman–Crippen MR) is 45.2 cm³/mol. The molecule has 0 amide bonds. The van der Waals surface area contributed by atoms with Crippen LogP contribution >= 0.6 is 0 Å². The Balaban J connectivity index is 2.47. The van der Waals surface area contributed by atoms with Gasteiger partial charge in [0.05, 0.1) is 6.26 Å². The number of furan rings is 1. The smallest absolute Gasteiger partial charge is 0.335 e. The average Bonchev–Trinajstić information content (AvgIpc) is 2.52. The normalized spacial score (nSPS) is 11.5. The lowest BCUT2D eigenvalue weighted by molar-refractivity contribution is -0.163. The van der Waals surface area contributed by atoms with E-state index in [1.54, 1.807) is 12.1 Å². The van der Waals surface area contributed by atoms with Crippen molar-refractivity contribution in [3.05, 3.63) is 24.2 Å². The fourth-order valence-corrected chi connectivity index (χ4v) is 0.708. The summed E-state index contributed by atoms with van der Waals surface area (Å²) in [5.41, 5.74) is -1.17. The number of carbonyl (C=O) groups is 1. The van der Waals surface area contributed by atoms with Crippen molar-refractivity contribution in [2.75, 3.05) is 0 Å². The number of carboxylic acid groups (broad SMARTS) is 1. The number of hydrogen-bond donors (Lipinski definition) is 1. The molecular formula is C9H12O4. The van der Waals surface area contributed by atoms with Crippen LogP contribution in [0.3, 0.4) is 0 Å². The molecule has 0 saturated heterocycles. The summed E-state index contributed by atoms with van der Waals surface area (Å²) in [7, 11) is 0. The Hall–Kier alpha value is -1.29. The van der Waals surface area contributed by atoms with Crippen LogP contribution in [0, 0.1) is 0 Å². The SMILES string of the molecule is CC(C)(OCc1ccco1)C(=O)O. The highest BCUT2D eigenvalue weighted by Gasteiger charge is 2.28. The zero-order valence-corrected chi connectivity index (χ0v) is 7.61. The predicted octanol–water partition coefficient (Wildman–Crippen LogP) is 1.66. The first-order chi connectivity index (χ1) is 6.02. The largest absolute Gasteiger partial charge is 0.479 e. The van der Waals surface area contributed by atoms with E-state index in [9.17, 15) is 4.79 Å². The average molecular weight is 184 g/mol. The zero-order valence-electron chi connectivity index (χ0n) is 7.61. The minimum absolute atomic E-state index is 0.173. The topological polar surface area (TPSA) is 59.7 Å². The number of ether oxygens (including phenoxy) is 1. The Labute approximate surface area is 76.1 Å². The third-order valence-corrected chi connectivity index (χ3v) is 1.67. The number of aliphatic carboxylic acids is 1. The Kier molecular flexibility index (Phi) is 2.72. The summed E-state index contributed by atoms with van der Waals surface area (Å²) in [6.07, 6.45) is 1.52. The van der Waals surface area contributed by atoms with Gasteiger partial charge in [-0.2, -0.15) is 0 Å². The Morgan fingerprint density at radius 2 is 2.38 bits per heavy atom. The standard InChI is InChI=1S/C9H12O4/c1-9(2,8(10)11)13-6-7-4-3-5-12-7/h3-5H,6H2,1-2H3,(H,10,11).